The number of benzene rings is 2. The summed E-state index contributed by atoms with van der Waals surface area (Å²) in [6, 6.07) is 19.6. The average molecular weight is 377 g/mol. The number of amides is 1. The molecule has 3 N–H and O–H groups in total. The van der Waals surface area contributed by atoms with Crippen LogP contribution in [-0.4, -0.2) is 15.9 Å². The lowest BCUT2D eigenvalue weighted by Gasteiger charge is -2.19. The lowest BCUT2D eigenvalue weighted by molar-refractivity contribution is -0.121. The van der Waals surface area contributed by atoms with Gasteiger partial charge < -0.3 is 10.3 Å². The predicted octanol–water partition coefficient (Wildman–Crippen LogP) is 2.40. The Bertz CT molecular complexity index is 1040. The molecule has 0 aliphatic heterocycles. The van der Waals surface area contributed by atoms with Gasteiger partial charge in [-0.3, -0.25) is 14.6 Å². The lowest BCUT2D eigenvalue weighted by atomic mass is 9.98. The molecule has 0 bridgehead atoms. The maximum Gasteiger partial charge on any atom is 0.325 e. The Morgan fingerprint density at radius 2 is 1.61 bits per heavy atom. The Morgan fingerprint density at radius 3 is 2.25 bits per heavy atom. The highest BCUT2D eigenvalue weighted by molar-refractivity contribution is 5.76. The second-order valence-corrected chi connectivity index (χ2v) is 6.73. The summed E-state index contributed by atoms with van der Waals surface area (Å²) < 4.78 is 0. The molecule has 6 nitrogen and oxygen atoms in total. The molecule has 0 aliphatic rings. The molecule has 0 radical (unpaired) electrons. The molecular formula is C22H23N3O3. The van der Waals surface area contributed by atoms with E-state index in [1.807, 2.05) is 60.7 Å². The predicted molar refractivity (Wildman–Crippen MR) is 108 cm³/mol. The number of aromatic amines is 2. The zero-order valence-corrected chi connectivity index (χ0v) is 15.7. The van der Waals surface area contributed by atoms with Gasteiger partial charge in [0.25, 0.3) is 5.56 Å². The van der Waals surface area contributed by atoms with Crippen LogP contribution in [-0.2, 0) is 17.6 Å². The van der Waals surface area contributed by atoms with Crippen molar-refractivity contribution in [2.45, 2.75) is 32.2 Å². The van der Waals surface area contributed by atoms with Crippen LogP contribution in [0.25, 0.3) is 0 Å². The van der Waals surface area contributed by atoms with Gasteiger partial charge in [0.15, 0.2) is 0 Å². The van der Waals surface area contributed by atoms with Crippen molar-refractivity contribution in [3.63, 3.8) is 0 Å². The summed E-state index contributed by atoms with van der Waals surface area (Å²) in [7, 11) is 0. The van der Waals surface area contributed by atoms with Gasteiger partial charge in [0.05, 0.1) is 6.04 Å². The molecule has 2 aromatic carbocycles. The molecular weight excluding hydrogens is 354 g/mol. The Kier molecular flexibility index (Phi) is 6.22. The highest BCUT2D eigenvalue weighted by Crippen LogP contribution is 2.18. The molecule has 28 heavy (non-hydrogen) atoms. The minimum atomic E-state index is -0.539. The SMILES string of the molecule is Cc1[nH]c(=O)[nH]c(=O)c1CCC(=O)N[C@@H](Cc1ccccc1)c1ccccc1. The molecule has 3 aromatic rings. The number of rotatable bonds is 7. The average Bonchev–Trinajstić information content (AvgIpc) is 2.68. The minimum absolute atomic E-state index is 0.144. The van der Waals surface area contributed by atoms with E-state index in [9.17, 15) is 14.4 Å². The van der Waals surface area contributed by atoms with Crippen molar-refractivity contribution in [1.29, 1.82) is 0 Å². The van der Waals surface area contributed by atoms with Crippen LogP contribution in [0, 0.1) is 6.92 Å². The molecule has 0 fully saturated rings. The molecule has 0 saturated carbocycles. The first-order chi connectivity index (χ1) is 13.5. The molecule has 6 heteroatoms. The van der Waals surface area contributed by atoms with Crippen molar-refractivity contribution in [1.82, 2.24) is 15.3 Å². The van der Waals surface area contributed by atoms with Crippen LogP contribution in [0.4, 0.5) is 0 Å². The van der Waals surface area contributed by atoms with E-state index in [0.29, 0.717) is 17.7 Å². The number of carbonyl (C=O) groups is 1. The summed E-state index contributed by atoms with van der Waals surface area (Å²) >= 11 is 0. The molecule has 1 amide bonds. The number of aryl methyl sites for hydroxylation is 1. The zero-order valence-electron chi connectivity index (χ0n) is 15.7. The summed E-state index contributed by atoms with van der Waals surface area (Å²) in [5, 5.41) is 3.08. The first kappa shape index (κ1) is 19.4. The van der Waals surface area contributed by atoms with Crippen LogP contribution in [0.1, 0.15) is 34.8 Å². The van der Waals surface area contributed by atoms with Gasteiger partial charge in [-0.15, -0.1) is 0 Å². The standard InChI is InChI=1S/C22H23N3O3/c1-15-18(21(27)25-22(28)23-15)12-13-20(26)24-19(17-10-6-3-7-11-17)14-16-8-4-2-5-9-16/h2-11,19H,12-14H2,1H3,(H,24,26)(H2,23,25,27,28)/t19-/m0/s1. The van der Waals surface area contributed by atoms with Gasteiger partial charge in [-0.05, 0) is 30.9 Å². The third-order valence-electron chi connectivity index (χ3n) is 4.68. The first-order valence-corrected chi connectivity index (χ1v) is 9.23. The molecule has 1 heterocycles. The fourth-order valence-electron chi connectivity index (χ4n) is 3.22. The monoisotopic (exact) mass is 377 g/mol. The molecule has 3 rings (SSSR count). The van der Waals surface area contributed by atoms with Gasteiger partial charge in [-0.25, -0.2) is 4.79 Å². The highest BCUT2D eigenvalue weighted by Gasteiger charge is 2.16. The topological polar surface area (TPSA) is 94.8 Å². The largest absolute Gasteiger partial charge is 0.349 e. The maximum absolute atomic E-state index is 12.6. The Morgan fingerprint density at radius 1 is 0.964 bits per heavy atom. The van der Waals surface area contributed by atoms with E-state index < -0.39 is 11.2 Å². The molecule has 0 aliphatic carbocycles. The second kappa shape index (κ2) is 8.99. The fraction of sp³-hybridized carbons (Fsp3) is 0.227. The number of nitrogens with one attached hydrogen (secondary N) is 3. The molecule has 1 atom stereocenters. The number of aromatic nitrogens is 2. The van der Waals surface area contributed by atoms with Crippen molar-refractivity contribution >= 4 is 5.91 Å². The number of H-pyrrole nitrogens is 2. The number of hydrogen-bond donors (Lipinski definition) is 3. The summed E-state index contributed by atoms with van der Waals surface area (Å²) in [6.07, 6.45) is 1.10. The van der Waals surface area contributed by atoms with Crippen molar-refractivity contribution in [3.8, 4) is 0 Å². The summed E-state index contributed by atoms with van der Waals surface area (Å²) in [4.78, 5) is 40.6. The van der Waals surface area contributed by atoms with Crippen LogP contribution in [0.3, 0.4) is 0 Å². The molecule has 0 unspecified atom stereocenters. The van der Waals surface area contributed by atoms with Crippen LogP contribution in [0.2, 0.25) is 0 Å². The normalized spacial score (nSPS) is 11.8. The molecule has 144 valence electrons. The molecule has 1 aromatic heterocycles. The number of hydrogen-bond acceptors (Lipinski definition) is 3. The van der Waals surface area contributed by atoms with Gasteiger partial charge in [0, 0.05) is 17.7 Å². The Labute approximate surface area is 162 Å². The third kappa shape index (κ3) is 5.07. The van der Waals surface area contributed by atoms with E-state index >= 15 is 0 Å². The van der Waals surface area contributed by atoms with Gasteiger partial charge >= 0.3 is 5.69 Å². The van der Waals surface area contributed by atoms with Crippen LogP contribution in [0.15, 0.2) is 70.3 Å². The number of carbonyl (C=O) groups excluding carboxylic acids is 1. The molecule has 0 spiro atoms. The smallest absolute Gasteiger partial charge is 0.325 e. The van der Waals surface area contributed by atoms with Crippen molar-refractivity contribution in [2.75, 3.05) is 0 Å². The van der Waals surface area contributed by atoms with E-state index in [0.717, 1.165) is 11.1 Å². The van der Waals surface area contributed by atoms with Crippen LogP contribution >= 0.6 is 0 Å². The van der Waals surface area contributed by atoms with Crippen LogP contribution < -0.4 is 16.6 Å². The van der Waals surface area contributed by atoms with Gasteiger partial charge in [-0.2, -0.15) is 0 Å². The van der Waals surface area contributed by atoms with Gasteiger partial charge in [0.1, 0.15) is 0 Å². The van der Waals surface area contributed by atoms with E-state index in [1.165, 1.54) is 0 Å². The fourth-order valence-corrected chi connectivity index (χ4v) is 3.22. The van der Waals surface area contributed by atoms with Gasteiger partial charge in [-0.1, -0.05) is 60.7 Å². The zero-order chi connectivity index (χ0) is 19.9. The minimum Gasteiger partial charge on any atom is -0.349 e. The van der Waals surface area contributed by atoms with Crippen molar-refractivity contribution in [3.05, 3.63) is 104 Å². The summed E-state index contributed by atoms with van der Waals surface area (Å²) in [5.74, 6) is -0.144. The van der Waals surface area contributed by atoms with E-state index in [2.05, 4.69) is 15.3 Å². The van der Waals surface area contributed by atoms with Crippen LogP contribution in [0.5, 0.6) is 0 Å². The highest BCUT2D eigenvalue weighted by atomic mass is 16.2. The second-order valence-electron chi connectivity index (χ2n) is 6.73. The lowest BCUT2D eigenvalue weighted by Crippen LogP contribution is -2.32. The molecule has 0 saturated heterocycles. The summed E-state index contributed by atoms with van der Waals surface area (Å²) in [6.45, 7) is 1.66. The van der Waals surface area contributed by atoms with Gasteiger partial charge in [0.2, 0.25) is 5.91 Å². The summed E-state index contributed by atoms with van der Waals surface area (Å²) in [5.41, 5.74) is 2.09. The van der Waals surface area contributed by atoms with Crippen molar-refractivity contribution < 1.29 is 4.79 Å². The maximum atomic E-state index is 12.6. The van der Waals surface area contributed by atoms with E-state index in [1.54, 1.807) is 6.92 Å². The quantitative estimate of drug-likeness (QED) is 0.590. The Balaban J connectivity index is 1.71. The first-order valence-electron chi connectivity index (χ1n) is 9.23. The van der Waals surface area contributed by atoms with E-state index in [4.69, 9.17) is 0 Å². The third-order valence-corrected chi connectivity index (χ3v) is 4.68. The Hall–Kier alpha value is -3.41. The van der Waals surface area contributed by atoms with E-state index in [-0.39, 0.29) is 24.8 Å². The van der Waals surface area contributed by atoms with Crippen molar-refractivity contribution in [2.24, 2.45) is 0 Å².